The van der Waals surface area contributed by atoms with Crippen LogP contribution in [0, 0.1) is 0 Å². The third kappa shape index (κ3) is 2.60. The lowest BCUT2D eigenvalue weighted by molar-refractivity contribution is 0.381. The van der Waals surface area contributed by atoms with Gasteiger partial charge in [-0.05, 0) is 49.8 Å². The molecule has 0 spiro atoms. The smallest absolute Gasteiger partial charge is 0.00445 e. The molecule has 1 N–H and O–H groups in total. The topological polar surface area (TPSA) is 12.0 Å². The van der Waals surface area contributed by atoms with Crippen molar-refractivity contribution in [2.45, 2.75) is 45.1 Å². The fourth-order valence-electron chi connectivity index (χ4n) is 2.46. The number of hydrogen-bond acceptors (Lipinski definition) is 1. The predicted molar refractivity (Wildman–Crippen MR) is 65.3 cm³/mol. The lowest BCUT2D eigenvalue weighted by Crippen LogP contribution is -2.34. The van der Waals surface area contributed by atoms with Gasteiger partial charge >= 0.3 is 0 Å². The number of aryl methyl sites for hydroxylation is 1. The summed E-state index contributed by atoms with van der Waals surface area (Å²) in [6.45, 7) is 5.66. The summed E-state index contributed by atoms with van der Waals surface area (Å²) in [5.74, 6) is 0.771. The predicted octanol–water partition coefficient (Wildman–Crippen LogP) is 3.10. The van der Waals surface area contributed by atoms with E-state index in [9.17, 15) is 0 Å². The maximum atomic E-state index is 3.50. The van der Waals surface area contributed by atoms with Crippen LogP contribution in [0.1, 0.15) is 43.7 Å². The first kappa shape index (κ1) is 10.7. The van der Waals surface area contributed by atoms with Gasteiger partial charge in [0.05, 0.1) is 0 Å². The van der Waals surface area contributed by atoms with Crippen molar-refractivity contribution in [2.75, 3.05) is 6.54 Å². The summed E-state index contributed by atoms with van der Waals surface area (Å²) in [5.41, 5.74) is 2.97. The average molecular weight is 203 g/mol. The van der Waals surface area contributed by atoms with Crippen LogP contribution in [0.15, 0.2) is 24.3 Å². The summed E-state index contributed by atoms with van der Waals surface area (Å²) in [7, 11) is 0. The Morgan fingerprint density at radius 1 is 1.27 bits per heavy atom. The Hall–Kier alpha value is -0.820. The van der Waals surface area contributed by atoms with Crippen LogP contribution in [0.2, 0.25) is 0 Å². The summed E-state index contributed by atoms with van der Waals surface area (Å²) in [6, 6.07) is 9.88. The van der Waals surface area contributed by atoms with Crippen LogP contribution < -0.4 is 5.32 Å². The molecular weight excluding hydrogens is 182 g/mol. The highest BCUT2D eigenvalue weighted by molar-refractivity contribution is 5.26. The summed E-state index contributed by atoms with van der Waals surface area (Å²) in [6.07, 6.45) is 3.71. The highest BCUT2D eigenvalue weighted by Crippen LogP contribution is 2.27. The van der Waals surface area contributed by atoms with E-state index in [4.69, 9.17) is 0 Å². The molecule has 1 nitrogen and oxygen atoms in total. The molecule has 82 valence electrons. The van der Waals surface area contributed by atoms with Crippen LogP contribution in [0.25, 0.3) is 0 Å². The fourth-order valence-corrected chi connectivity index (χ4v) is 2.46. The summed E-state index contributed by atoms with van der Waals surface area (Å²) in [5, 5.41) is 3.50. The maximum absolute atomic E-state index is 3.50. The number of benzene rings is 1. The molecule has 0 saturated carbocycles. The molecule has 1 aliphatic heterocycles. The Morgan fingerprint density at radius 3 is 2.60 bits per heavy atom. The molecule has 1 aromatic carbocycles. The Bertz CT molecular complexity index is 302. The van der Waals surface area contributed by atoms with E-state index in [1.807, 2.05) is 0 Å². The van der Waals surface area contributed by atoms with Crippen molar-refractivity contribution in [2.24, 2.45) is 0 Å². The van der Waals surface area contributed by atoms with Gasteiger partial charge in [-0.1, -0.05) is 31.2 Å². The molecular formula is C14H21N. The lowest BCUT2D eigenvalue weighted by atomic mass is 9.86. The van der Waals surface area contributed by atoms with Gasteiger partial charge in [0, 0.05) is 6.04 Å². The molecule has 15 heavy (non-hydrogen) atoms. The second-order valence-corrected chi connectivity index (χ2v) is 4.67. The van der Waals surface area contributed by atoms with Crippen molar-refractivity contribution in [1.29, 1.82) is 0 Å². The largest absolute Gasteiger partial charge is 0.314 e. The number of piperidine rings is 1. The lowest BCUT2D eigenvalue weighted by Gasteiger charge is -2.28. The van der Waals surface area contributed by atoms with Gasteiger partial charge in [0.15, 0.2) is 0 Å². The van der Waals surface area contributed by atoms with Crippen LogP contribution in [0.4, 0.5) is 0 Å². The Morgan fingerprint density at radius 2 is 2.00 bits per heavy atom. The first-order valence-corrected chi connectivity index (χ1v) is 6.12. The van der Waals surface area contributed by atoms with Crippen molar-refractivity contribution in [3.05, 3.63) is 35.4 Å². The van der Waals surface area contributed by atoms with Gasteiger partial charge in [0.2, 0.25) is 0 Å². The Labute approximate surface area is 92.9 Å². The zero-order valence-corrected chi connectivity index (χ0v) is 9.79. The fraction of sp³-hybridized carbons (Fsp3) is 0.571. The minimum absolute atomic E-state index is 0.676. The zero-order chi connectivity index (χ0) is 10.7. The minimum Gasteiger partial charge on any atom is -0.314 e. The molecule has 0 bridgehead atoms. The molecule has 1 heterocycles. The molecule has 2 rings (SSSR count). The van der Waals surface area contributed by atoms with Gasteiger partial charge < -0.3 is 5.32 Å². The van der Waals surface area contributed by atoms with Gasteiger partial charge in [0.25, 0.3) is 0 Å². The zero-order valence-electron chi connectivity index (χ0n) is 9.79. The van der Waals surface area contributed by atoms with E-state index < -0.39 is 0 Å². The maximum Gasteiger partial charge on any atom is 0.00445 e. The minimum atomic E-state index is 0.676. The van der Waals surface area contributed by atoms with Crippen molar-refractivity contribution in [3.63, 3.8) is 0 Å². The van der Waals surface area contributed by atoms with Gasteiger partial charge in [-0.25, -0.2) is 0 Å². The van der Waals surface area contributed by atoms with Gasteiger partial charge in [0.1, 0.15) is 0 Å². The molecule has 1 fully saturated rings. The second kappa shape index (κ2) is 4.80. The van der Waals surface area contributed by atoms with E-state index in [1.54, 1.807) is 0 Å². The number of nitrogens with one attached hydrogen (secondary N) is 1. The standard InChI is InChI=1S/C14H21N/c1-3-12-4-6-13(7-5-12)14-8-9-15-11(2)10-14/h4-7,11,14-15H,3,8-10H2,1-2H3. The van der Waals surface area contributed by atoms with E-state index >= 15 is 0 Å². The number of hydrogen-bond donors (Lipinski definition) is 1. The average Bonchev–Trinajstić information content (AvgIpc) is 2.29. The molecule has 1 heteroatoms. The van der Waals surface area contributed by atoms with Crippen LogP contribution >= 0.6 is 0 Å². The van der Waals surface area contributed by atoms with Crippen LogP contribution in [0.3, 0.4) is 0 Å². The monoisotopic (exact) mass is 203 g/mol. The molecule has 2 atom stereocenters. The van der Waals surface area contributed by atoms with E-state index in [0.717, 1.165) is 12.3 Å². The Kier molecular flexibility index (Phi) is 3.42. The Balaban J connectivity index is 2.07. The highest BCUT2D eigenvalue weighted by Gasteiger charge is 2.19. The van der Waals surface area contributed by atoms with E-state index in [0.29, 0.717) is 6.04 Å². The molecule has 1 saturated heterocycles. The van der Waals surface area contributed by atoms with Gasteiger partial charge in [-0.3, -0.25) is 0 Å². The van der Waals surface area contributed by atoms with Gasteiger partial charge in [-0.15, -0.1) is 0 Å². The molecule has 0 amide bonds. The van der Waals surface area contributed by atoms with Crippen molar-refractivity contribution in [3.8, 4) is 0 Å². The summed E-state index contributed by atoms with van der Waals surface area (Å²) in [4.78, 5) is 0. The van der Waals surface area contributed by atoms with Crippen molar-refractivity contribution < 1.29 is 0 Å². The van der Waals surface area contributed by atoms with E-state index in [1.165, 1.54) is 30.5 Å². The first-order valence-electron chi connectivity index (χ1n) is 6.12. The molecule has 1 aliphatic rings. The van der Waals surface area contributed by atoms with Crippen LogP contribution in [-0.2, 0) is 6.42 Å². The summed E-state index contributed by atoms with van der Waals surface area (Å²) < 4.78 is 0. The second-order valence-electron chi connectivity index (χ2n) is 4.67. The first-order chi connectivity index (χ1) is 7.29. The van der Waals surface area contributed by atoms with E-state index in [-0.39, 0.29) is 0 Å². The third-order valence-corrected chi connectivity index (χ3v) is 3.48. The summed E-state index contributed by atoms with van der Waals surface area (Å²) >= 11 is 0. The van der Waals surface area contributed by atoms with Crippen molar-refractivity contribution in [1.82, 2.24) is 5.32 Å². The quantitative estimate of drug-likeness (QED) is 0.779. The third-order valence-electron chi connectivity index (χ3n) is 3.48. The number of rotatable bonds is 2. The SMILES string of the molecule is CCc1ccc(C2CCNC(C)C2)cc1. The molecule has 2 unspecified atom stereocenters. The highest BCUT2D eigenvalue weighted by atomic mass is 14.9. The van der Waals surface area contributed by atoms with Crippen LogP contribution in [0.5, 0.6) is 0 Å². The van der Waals surface area contributed by atoms with Gasteiger partial charge in [-0.2, -0.15) is 0 Å². The van der Waals surface area contributed by atoms with Crippen molar-refractivity contribution >= 4 is 0 Å². The molecule has 1 aromatic rings. The molecule has 0 radical (unpaired) electrons. The normalized spacial score (nSPS) is 26.5. The van der Waals surface area contributed by atoms with E-state index in [2.05, 4.69) is 43.4 Å². The van der Waals surface area contributed by atoms with Crippen LogP contribution in [-0.4, -0.2) is 12.6 Å². The molecule has 0 aromatic heterocycles. The molecule has 0 aliphatic carbocycles.